The number of amidine groups is 1. The summed E-state index contributed by atoms with van der Waals surface area (Å²) >= 11 is 0. The van der Waals surface area contributed by atoms with Gasteiger partial charge in [0.1, 0.15) is 11.9 Å². The first kappa shape index (κ1) is 20.9. The molecule has 2 aliphatic heterocycles. The average molecular weight is 459 g/mol. The van der Waals surface area contributed by atoms with Gasteiger partial charge in [-0.25, -0.2) is 4.99 Å². The number of carbonyl (C=O) groups is 2. The van der Waals surface area contributed by atoms with E-state index in [1.54, 1.807) is 42.5 Å². The monoisotopic (exact) mass is 458 g/mol. The van der Waals surface area contributed by atoms with Crippen molar-refractivity contribution in [2.24, 2.45) is 4.99 Å². The second-order valence-electron chi connectivity index (χ2n) is 8.51. The van der Waals surface area contributed by atoms with E-state index in [0.717, 1.165) is 16.9 Å². The fraction of sp³-hybridized carbons (Fsp3) is 0.0690. The van der Waals surface area contributed by atoms with Crippen LogP contribution in [0, 0.1) is 0 Å². The third-order valence-corrected chi connectivity index (χ3v) is 6.37. The van der Waals surface area contributed by atoms with Crippen LogP contribution in [0.15, 0.2) is 114 Å². The Labute approximate surface area is 202 Å². The molecule has 2 heterocycles. The van der Waals surface area contributed by atoms with E-state index in [0.29, 0.717) is 22.6 Å². The van der Waals surface area contributed by atoms with Crippen molar-refractivity contribution >= 4 is 34.7 Å². The molecule has 2 atom stereocenters. The molecule has 0 aliphatic carbocycles. The highest BCUT2D eigenvalue weighted by Gasteiger charge is 2.44. The molecule has 0 saturated carbocycles. The SMILES string of the molecule is O=C(c1ccccc1)N1C(=O)c2ccccc2N=C2Nc3ccccc3NC(c3ccccc3)C21. The smallest absolute Gasteiger partial charge is 0.263 e. The molecule has 0 aromatic heterocycles. The fourth-order valence-electron chi connectivity index (χ4n) is 4.70. The molecule has 2 unspecified atom stereocenters. The molecule has 35 heavy (non-hydrogen) atoms. The molecule has 6 heteroatoms. The van der Waals surface area contributed by atoms with Crippen LogP contribution in [0.1, 0.15) is 32.3 Å². The van der Waals surface area contributed by atoms with Gasteiger partial charge in [0.15, 0.2) is 0 Å². The number of nitrogens with zero attached hydrogens (tertiary/aromatic N) is 2. The highest BCUT2D eigenvalue weighted by molar-refractivity contribution is 6.19. The minimum atomic E-state index is -0.725. The Morgan fingerprint density at radius 1 is 0.743 bits per heavy atom. The molecular formula is C29H22N4O2. The number of aliphatic imine (C=N–C) groups is 1. The van der Waals surface area contributed by atoms with Gasteiger partial charge in [-0.1, -0.05) is 72.8 Å². The number of anilines is 2. The predicted octanol–water partition coefficient (Wildman–Crippen LogP) is 5.66. The zero-order chi connectivity index (χ0) is 23.8. The van der Waals surface area contributed by atoms with E-state index in [2.05, 4.69) is 10.6 Å². The van der Waals surface area contributed by atoms with Crippen molar-refractivity contribution in [2.75, 3.05) is 10.6 Å². The lowest BCUT2D eigenvalue weighted by atomic mass is 9.95. The molecule has 170 valence electrons. The van der Waals surface area contributed by atoms with Crippen molar-refractivity contribution in [1.82, 2.24) is 4.90 Å². The van der Waals surface area contributed by atoms with E-state index < -0.39 is 12.1 Å². The fourth-order valence-corrected chi connectivity index (χ4v) is 4.70. The van der Waals surface area contributed by atoms with Crippen molar-refractivity contribution in [2.45, 2.75) is 12.1 Å². The molecule has 2 amide bonds. The molecule has 0 saturated heterocycles. The van der Waals surface area contributed by atoms with Gasteiger partial charge in [0.2, 0.25) is 0 Å². The number of imide groups is 1. The summed E-state index contributed by atoms with van der Waals surface area (Å²) < 4.78 is 0. The van der Waals surface area contributed by atoms with Crippen molar-refractivity contribution < 1.29 is 9.59 Å². The number of para-hydroxylation sites is 3. The Hall–Kier alpha value is -4.71. The van der Waals surface area contributed by atoms with E-state index in [4.69, 9.17) is 4.99 Å². The number of hydrogen-bond donors (Lipinski definition) is 2. The van der Waals surface area contributed by atoms with Crippen molar-refractivity contribution in [3.05, 3.63) is 126 Å². The zero-order valence-corrected chi connectivity index (χ0v) is 18.8. The largest absolute Gasteiger partial charge is 0.374 e. The summed E-state index contributed by atoms with van der Waals surface area (Å²) in [7, 11) is 0. The van der Waals surface area contributed by atoms with Gasteiger partial charge in [0.25, 0.3) is 11.8 Å². The lowest BCUT2D eigenvalue weighted by Crippen LogP contribution is -2.53. The van der Waals surface area contributed by atoms with Crippen LogP contribution in [-0.4, -0.2) is 28.6 Å². The second kappa shape index (κ2) is 8.57. The topological polar surface area (TPSA) is 73.8 Å². The van der Waals surface area contributed by atoms with Crippen molar-refractivity contribution in [3.63, 3.8) is 0 Å². The van der Waals surface area contributed by atoms with Crippen LogP contribution < -0.4 is 10.6 Å². The van der Waals surface area contributed by atoms with Crippen LogP contribution in [0.4, 0.5) is 17.1 Å². The highest BCUT2D eigenvalue weighted by atomic mass is 16.2. The lowest BCUT2D eigenvalue weighted by molar-refractivity contribution is 0.0577. The molecule has 6 nitrogen and oxygen atoms in total. The second-order valence-corrected chi connectivity index (χ2v) is 8.51. The number of benzene rings is 4. The van der Waals surface area contributed by atoms with E-state index >= 15 is 0 Å². The number of rotatable bonds is 2. The maximum absolute atomic E-state index is 14.0. The molecule has 2 aliphatic rings. The van der Waals surface area contributed by atoms with Gasteiger partial charge in [-0.2, -0.15) is 0 Å². The first-order valence-electron chi connectivity index (χ1n) is 11.5. The number of nitrogens with one attached hydrogen (secondary N) is 2. The molecule has 0 radical (unpaired) electrons. The molecular weight excluding hydrogens is 436 g/mol. The standard InChI is InChI=1S/C29H22N4O2/c34-28(20-13-5-2-6-14-20)33-26-25(19-11-3-1-4-12-19)30-23-17-9-10-18-24(23)32-27(26)31-22-16-8-7-15-21(22)29(33)35/h1-18,25-26,30H,(H,31,32). The molecule has 0 bridgehead atoms. The Morgan fingerprint density at radius 3 is 2.14 bits per heavy atom. The molecule has 2 N–H and O–H groups in total. The van der Waals surface area contributed by atoms with Gasteiger partial charge >= 0.3 is 0 Å². The summed E-state index contributed by atoms with van der Waals surface area (Å²) in [5.74, 6) is -0.229. The Kier molecular flexibility index (Phi) is 5.11. The number of amides is 2. The summed E-state index contributed by atoms with van der Waals surface area (Å²) in [6.45, 7) is 0. The van der Waals surface area contributed by atoms with Gasteiger partial charge in [-0.3, -0.25) is 14.5 Å². The first-order valence-corrected chi connectivity index (χ1v) is 11.5. The maximum atomic E-state index is 14.0. The molecule has 4 aromatic rings. The zero-order valence-electron chi connectivity index (χ0n) is 18.8. The minimum Gasteiger partial charge on any atom is -0.374 e. The predicted molar refractivity (Wildman–Crippen MR) is 137 cm³/mol. The van der Waals surface area contributed by atoms with Crippen LogP contribution in [0.25, 0.3) is 0 Å². The molecule has 4 aromatic carbocycles. The normalized spacial score (nSPS) is 18.5. The van der Waals surface area contributed by atoms with Crippen molar-refractivity contribution in [1.29, 1.82) is 0 Å². The van der Waals surface area contributed by atoms with Crippen LogP contribution in [-0.2, 0) is 0 Å². The minimum absolute atomic E-state index is 0.375. The van der Waals surface area contributed by atoms with Gasteiger partial charge in [-0.05, 0) is 42.0 Å². The number of hydrogen-bond acceptors (Lipinski definition) is 5. The lowest BCUT2D eigenvalue weighted by Gasteiger charge is -2.34. The van der Waals surface area contributed by atoms with E-state index in [1.165, 1.54) is 4.90 Å². The molecule has 0 spiro atoms. The summed E-state index contributed by atoms with van der Waals surface area (Å²) in [4.78, 5) is 34.3. The van der Waals surface area contributed by atoms with Crippen LogP contribution >= 0.6 is 0 Å². The van der Waals surface area contributed by atoms with Crippen LogP contribution in [0.2, 0.25) is 0 Å². The Balaban J connectivity index is 1.61. The van der Waals surface area contributed by atoms with Gasteiger partial charge < -0.3 is 10.6 Å². The van der Waals surface area contributed by atoms with E-state index in [1.807, 2.05) is 66.7 Å². The maximum Gasteiger partial charge on any atom is 0.263 e. The summed E-state index contributed by atoms with van der Waals surface area (Å²) in [5.41, 5.74) is 3.99. The average Bonchev–Trinajstić information content (AvgIpc) is 3.14. The third-order valence-electron chi connectivity index (χ3n) is 6.37. The third kappa shape index (κ3) is 3.65. The first-order chi connectivity index (χ1) is 17.2. The number of fused-ring (bicyclic) bond motifs is 3. The van der Waals surface area contributed by atoms with Gasteiger partial charge in [0, 0.05) is 5.56 Å². The summed E-state index contributed by atoms with van der Waals surface area (Å²) in [5, 5.41) is 7.04. The van der Waals surface area contributed by atoms with Crippen molar-refractivity contribution in [3.8, 4) is 0 Å². The van der Waals surface area contributed by atoms with E-state index in [-0.39, 0.29) is 11.8 Å². The molecule has 0 fully saturated rings. The highest BCUT2D eigenvalue weighted by Crippen LogP contribution is 2.38. The van der Waals surface area contributed by atoms with Crippen LogP contribution in [0.3, 0.4) is 0 Å². The summed E-state index contributed by atoms with van der Waals surface area (Å²) in [6.07, 6.45) is 0. The molecule has 6 rings (SSSR count). The number of carbonyl (C=O) groups excluding carboxylic acids is 2. The van der Waals surface area contributed by atoms with Gasteiger partial charge in [-0.15, -0.1) is 0 Å². The Morgan fingerprint density at radius 2 is 1.37 bits per heavy atom. The quantitative estimate of drug-likeness (QED) is 0.380. The van der Waals surface area contributed by atoms with Gasteiger partial charge in [0.05, 0.1) is 28.7 Å². The van der Waals surface area contributed by atoms with Crippen LogP contribution in [0.5, 0.6) is 0 Å². The summed E-state index contributed by atoms with van der Waals surface area (Å²) in [6, 6.07) is 32.6. The Bertz CT molecular complexity index is 1450. The van der Waals surface area contributed by atoms with E-state index in [9.17, 15) is 9.59 Å².